The SMILES string of the molecule is CC1CC[C@H]2CN(C)CC2N1. The molecule has 2 rings (SSSR count). The second-order valence-electron chi connectivity index (χ2n) is 4.23. The highest BCUT2D eigenvalue weighted by atomic mass is 15.2. The second kappa shape index (κ2) is 2.76. The van der Waals surface area contributed by atoms with Crippen molar-refractivity contribution in [3.63, 3.8) is 0 Å². The minimum atomic E-state index is 0.753. The van der Waals surface area contributed by atoms with Crippen molar-refractivity contribution in [2.45, 2.75) is 31.8 Å². The van der Waals surface area contributed by atoms with E-state index in [-0.39, 0.29) is 0 Å². The summed E-state index contributed by atoms with van der Waals surface area (Å²) in [5.41, 5.74) is 0. The van der Waals surface area contributed by atoms with Gasteiger partial charge in [-0.05, 0) is 32.7 Å². The summed E-state index contributed by atoms with van der Waals surface area (Å²) >= 11 is 0. The normalized spacial score (nSPS) is 45.8. The first-order chi connectivity index (χ1) is 5.25. The van der Waals surface area contributed by atoms with Crippen molar-refractivity contribution in [1.82, 2.24) is 10.2 Å². The van der Waals surface area contributed by atoms with Gasteiger partial charge in [-0.3, -0.25) is 0 Å². The molecular formula is C9H18N2. The standard InChI is InChI=1S/C9H18N2/c1-7-3-4-8-5-11(2)6-9(8)10-7/h7-10H,3-6H2,1-2H3/t7?,8-,9?/m0/s1. The minimum Gasteiger partial charge on any atom is -0.310 e. The van der Waals surface area contributed by atoms with Gasteiger partial charge in [-0.1, -0.05) is 0 Å². The van der Waals surface area contributed by atoms with E-state index in [9.17, 15) is 0 Å². The van der Waals surface area contributed by atoms with Gasteiger partial charge in [-0.15, -0.1) is 0 Å². The van der Waals surface area contributed by atoms with Crippen LogP contribution in [-0.2, 0) is 0 Å². The molecule has 0 aromatic carbocycles. The Balaban J connectivity index is 1.97. The maximum Gasteiger partial charge on any atom is 0.0237 e. The first-order valence-electron chi connectivity index (χ1n) is 4.70. The summed E-state index contributed by atoms with van der Waals surface area (Å²) in [4.78, 5) is 2.44. The number of likely N-dealkylation sites (tertiary alicyclic amines) is 1. The molecule has 2 aliphatic heterocycles. The quantitative estimate of drug-likeness (QED) is 0.552. The third kappa shape index (κ3) is 1.42. The molecule has 0 spiro atoms. The number of hydrogen-bond donors (Lipinski definition) is 1. The number of piperidine rings is 1. The van der Waals surface area contributed by atoms with Crippen molar-refractivity contribution in [2.75, 3.05) is 20.1 Å². The monoisotopic (exact) mass is 154 g/mol. The van der Waals surface area contributed by atoms with E-state index in [0.29, 0.717) is 0 Å². The Morgan fingerprint density at radius 1 is 1.27 bits per heavy atom. The fourth-order valence-corrected chi connectivity index (χ4v) is 2.48. The number of likely N-dealkylation sites (N-methyl/N-ethyl adjacent to an activating group) is 1. The molecule has 2 saturated heterocycles. The molecule has 2 nitrogen and oxygen atoms in total. The van der Waals surface area contributed by atoms with Gasteiger partial charge in [0.1, 0.15) is 0 Å². The van der Waals surface area contributed by atoms with E-state index >= 15 is 0 Å². The van der Waals surface area contributed by atoms with Crippen molar-refractivity contribution in [3.05, 3.63) is 0 Å². The highest BCUT2D eigenvalue weighted by molar-refractivity contribution is 4.92. The van der Waals surface area contributed by atoms with Gasteiger partial charge in [0, 0.05) is 25.2 Å². The minimum absolute atomic E-state index is 0.753. The highest BCUT2D eigenvalue weighted by Gasteiger charge is 2.34. The van der Waals surface area contributed by atoms with Crippen LogP contribution in [0.5, 0.6) is 0 Å². The predicted molar refractivity (Wildman–Crippen MR) is 46.6 cm³/mol. The lowest BCUT2D eigenvalue weighted by molar-refractivity contribution is 0.286. The van der Waals surface area contributed by atoms with Crippen LogP contribution in [-0.4, -0.2) is 37.1 Å². The number of nitrogens with one attached hydrogen (secondary N) is 1. The molecule has 2 heteroatoms. The number of nitrogens with zero attached hydrogens (tertiary/aromatic N) is 1. The smallest absolute Gasteiger partial charge is 0.0237 e. The van der Waals surface area contributed by atoms with Crippen LogP contribution in [0.15, 0.2) is 0 Å². The summed E-state index contributed by atoms with van der Waals surface area (Å²) in [6.07, 6.45) is 2.80. The average molecular weight is 154 g/mol. The molecule has 0 aliphatic carbocycles. The molecule has 0 aromatic heterocycles. The summed E-state index contributed by atoms with van der Waals surface area (Å²) in [7, 11) is 2.23. The number of hydrogen-bond acceptors (Lipinski definition) is 2. The Morgan fingerprint density at radius 3 is 2.91 bits per heavy atom. The zero-order valence-electron chi connectivity index (χ0n) is 7.51. The summed E-state index contributed by atoms with van der Waals surface area (Å²) in [6.45, 7) is 4.87. The van der Waals surface area contributed by atoms with Gasteiger partial charge >= 0.3 is 0 Å². The van der Waals surface area contributed by atoms with Crippen LogP contribution in [0.2, 0.25) is 0 Å². The van der Waals surface area contributed by atoms with E-state index in [4.69, 9.17) is 0 Å². The van der Waals surface area contributed by atoms with Crippen LogP contribution < -0.4 is 5.32 Å². The maximum absolute atomic E-state index is 3.67. The Hall–Kier alpha value is -0.0800. The molecule has 11 heavy (non-hydrogen) atoms. The van der Waals surface area contributed by atoms with Crippen molar-refractivity contribution in [3.8, 4) is 0 Å². The molecule has 0 radical (unpaired) electrons. The first kappa shape index (κ1) is 7.56. The Morgan fingerprint density at radius 2 is 2.09 bits per heavy atom. The zero-order chi connectivity index (χ0) is 7.84. The van der Waals surface area contributed by atoms with E-state index in [0.717, 1.165) is 18.0 Å². The van der Waals surface area contributed by atoms with E-state index in [1.54, 1.807) is 0 Å². The van der Waals surface area contributed by atoms with Crippen molar-refractivity contribution in [1.29, 1.82) is 0 Å². The summed E-state index contributed by atoms with van der Waals surface area (Å²) in [5.74, 6) is 0.941. The lowest BCUT2D eigenvalue weighted by Gasteiger charge is -2.30. The Bertz CT molecular complexity index is 146. The topological polar surface area (TPSA) is 15.3 Å². The van der Waals surface area contributed by atoms with Gasteiger partial charge in [0.2, 0.25) is 0 Å². The Kier molecular flexibility index (Phi) is 1.90. The van der Waals surface area contributed by atoms with Crippen LogP contribution in [0.4, 0.5) is 0 Å². The van der Waals surface area contributed by atoms with Crippen molar-refractivity contribution < 1.29 is 0 Å². The molecular weight excluding hydrogens is 136 g/mol. The van der Waals surface area contributed by atoms with E-state index in [2.05, 4.69) is 24.2 Å². The average Bonchev–Trinajstić information content (AvgIpc) is 2.27. The third-order valence-corrected chi connectivity index (χ3v) is 3.09. The van der Waals surface area contributed by atoms with Crippen molar-refractivity contribution in [2.24, 2.45) is 5.92 Å². The molecule has 3 atom stereocenters. The summed E-state index contributed by atoms with van der Waals surface area (Å²) in [6, 6.07) is 1.55. The molecule has 0 aromatic rings. The van der Waals surface area contributed by atoms with Gasteiger partial charge in [0.15, 0.2) is 0 Å². The molecule has 2 aliphatic rings. The fourth-order valence-electron chi connectivity index (χ4n) is 2.48. The van der Waals surface area contributed by atoms with E-state index in [1.807, 2.05) is 0 Å². The van der Waals surface area contributed by atoms with Gasteiger partial charge < -0.3 is 10.2 Å². The van der Waals surface area contributed by atoms with Crippen LogP contribution in [0.25, 0.3) is 0 Å². The lowest BCUT2D eigenvalue weighted by Crippen LogP contribution is -2.45. The summed E-state index contributed by atoms with van der Waals surface area (Å²) < 4.78 is 0. The maximum atomic E-state index is 3.67. The summed E-state index contributed by atoms with van der Waals surface area (Å²) in [5, 5.41) is 3.67. The first-order valence-corrected chi connectivity index (χ1v) is 4.70. The van der Waals surface area contributed by atoms with Gasteiger partial charge in [-0.25, -0.2) is 0 Å². The number of rotatable bonds is 0. The van der Waals surface area contributed by atoms with Gasteiger partial charge in [-0.2, -0.15) is 0 Å². The molecule has 0 bridgehead atoms. The van der Waals surface area contributed by atoms with Crippen molar-refractivity contribution >= 4 is 0 Å². The second-order valence-corrected chi connectivity index (χ2v) is 4.23. The molecule has 1 N–H and O–H groups in total. The van der Waals surface area contributed by atoms with Crippen LogP contribution in [0.3, 0.4) is 0 Å². The molecule has 64 valence electrons. The number of fused-ring (bicyclic) bond motifs is 1. The largest absolute Gasteiger partial charge is 0.310 e. The van der Waals surface area contributed by atoms with Crippen LogP contribution in [0, 0.1) is 5.92 Å². The van der Waals surface area contributed by atoms with Gasteiger partial charge in [0.25, 0.3) is 0 Å². The van der Waals surface area contributed by atoms with Gasteiger partial charge in [0.05, 0.1) is 0 Å². The highest BCUT2D eigenvalue weighted by Crippen LogP contribution is 2.25. The van der Waals surface area contributed by atoms with Crippen LogP contribution in [0.1, 0.15) is 19.8 Å². The molecule has 2 unspecified atom stereocenters. The zero-order valence-corrected chi connectivity index (χ0v) is 7.51. The molecule has 2 fully saturated rings. The lowest BCUT2D eigenvalue weighted by atomic mass is 9.91. The molecule has 2 heterocycles. The molecule has 0 saturated carbocycles. The fraction of sp³-hybridized carbons (Fsp3) is 1.00. The predicted octanol–water partition coefficient (Wildman–Crippen LogP) is 0.688. The molecule has 0 amide bonds. The Labute approximate surface area is 69.0 Å². The van der Waals surface area contributed by atoms with Crippen LogP contribution >= 0.6 is 0 Å². The van der Waals surface area contributed by atoms with E-state index < -0.39 is 0 Å². The van der Waals surface area contributed by atoms with E-state index in [1.165, 1.54) is 25.9 Å². The third-order valence-electron chi connectivity index (χ3n) is 3.09.